The summed E-state index contributed by atoms with van der Waals surface area (Å²) in [6.07, 6.45) is 1.74. The first-order valence-corrected chi connectivity index (χ1v) is 8.53. The van der Waals surface area contributed by atoms with Crippen LogP contribution in [0.25, 0.3) is 0 Å². The van der Waals surface area contributed by atoms with Crippen LogP contribution in [-0.4, -0.2) is 64.0 Å². The number of aromatic nitrogens is 3. The molecule has 2 N–H and O–H groups in total. The lowest BCUT2D eigenvalue weighted by molar-refractivity contribution is -0.131. The third kappa shape index (κ3) is 5.02. The second-order valence-corrected chi connectivity index (χ2v) is 6.24. The number of nitrogens with zero attached hydrogens (tertiary/aromatic N) is 4. The molecule has 4 amide bonds. The van der Waals surface area contributed by atoms with Crippen LogP contribution in [0.1, 0.15) is 5.69 Å². The molecule has 10 nitrogen and oxygen atoms in total. The zero-order valence-electron chi connectivity index (χ0n) is 15.1. The second-order valence-electron chi connectivity index (χ2n) is 6.24. The van der Waals surface area contributed by atoms with Gasteiger partial charge in [-0.3, -0.25) is 14.9 Å². The van der Waals surface area contributed by atoms with E-state index >= 15 is 0 Å². The van der Waals surface area contributed by atoms with E-state index in [1.165, 1.54) is 33.8 Å². The highest BCUT2D eigenvalue weighted by Gasteiger charge is 2.30. The van der Waals surface area contributed by atoms with Crippen molar-refractivity contribution in [3.63, 3.8) is 0 Å². The van der Waals surface area contributed by atoms with E-state index in [0.29, 0.717) is 18.0 Å². The molecule has 2 aromatic rings. The largest absolute Gasteiger partial charge is 0.492 e. The normalized spacial score (nSPS) is 15.9. The summed E-state index contributed by atoms with van der Waals surface area (Å²) in [6.45, 7) is 0.572. The number of carbonyl (C=O) groups excluding carboxylic acids is 3. The van der Waals surface area contributed by atoms with Crippen LogP contribution >= 0.6 is 0 Å². The van der Waals surface area contributed by atoms with Crippen LogP contribution in [0.2, 0.25) is 0 Å². The molecular formula is C17H19FN6O4. The lowest BCUT2D eigenvalue weighted by atomic mass is 10.2. The van der Waals surface area contributed by atoms with Gasteiger partial charge >= 0.3 is 6.03 Å². The molecule has 2 heterocycles. The predicted molar refractivity (Wildman–Crippen MR) is 93.7 cm³/mol. The molecule has 11 heteroatoms. The fraction of sp³-hybridized carbons (Fsp3) is 0.353. The average molecular weight is 390 g/mol. The number of amides is 4. The molecule has 0 spiro atoms. The molecule has 1 saturated heterocycles. The summed E-state index contributed by atoms with van der Waals surface area (Å²) >= 11 is 0. The van der Waals surface area contributed by atoms with E-state index in [1.807, 2.05) is 0 Å². The van der Waals surface area contributed by atoms with Crippen molar-refractivity contribution in [2.24, 2.45) is 0 Å². The summed E-state index contributed by atoms with van der Waals surface area (Å²) in [5.74, 6) is -0.448. The van der Waals surface area contributed by atoms with Crippen LogP contribution in [0, 0.1) is 5.82 Å². The minimum Gasteiger partial charge on any atom is -0.492 e. The highest BCUT2D eigenvalue weighted by molar-refractivity contribution is 6.04. The monoisotopic (exact) mass is 390 g/mol. The molecule has 148 valence electrons. The third-order valence-electron chi connectivity index (χ3n) is 4.09. The number of benzene rings is 1. The molecule has 28 heavy (non-hydrogen) atoms. The number of likely N-dealkylation sites (N-methyl/N-ethyl adjacent to an activating group) is 1. The fourth-order valence-electron chi connectivity index (χ4n) is 2.54. The van der Waals surface area contributed by atoms with Gasteiger partial charge in [-0.1, -0.05) is 5.21 Å². The summed E-state index contributed by atoms with van der Waals surface area (Å²) in [7, 11) is 1.63. The van der Waals surface area contributed by atoms with E-state index in [9.17, 15) is 18.8 Å². The Bertz CT molecular complexity index is 869. The molecule has 3 rings (SSSR count). The minimum atomic E-state index is -0.695. The first-order chi connectivity index (χ1) is 13.4. The summed E-state index contributed by atoms with van der Waals surface area (Å²) in [4.78, 5) is 36.4. The smallest absolute Gasteiger partial charge is 0.322 e. The van der Waals surface area contributed by atoms with Crippen LogP contribution in [0.5, 0.6) is 5.75 Å². The Morgan fingerprint density at radius 2 is 2.07 bits per heavy atom. The van der Waals surface area contributed by atoms with Gasteiger partial charge in [-0.2, -0.15) is 0 Å². The van der Waals surface area contributed by atoms with Crippen molar-refractivity contribution in [3.05, 3.63) is 42.0 Å². The van der Waals surface area contributed by atoms with Gasteiger partial charge in [0, 0.05) is 19.7 Å². The first-order valence-electron chi connectivity index (χ1n) is 8.53. The van der Waals surface area contributed by atoms with Gasteiger partial charge in [-0.15, -0.1) is 5.10 Å². The standard InChI is InChI=1S/C17H19FN6O4/c1-23(6-7-28-13-4-2-11(18)3-5-13)15(25)10-24-9-12(21-22-24)8-14-16(26)20-17(27)19-14/h2-5,9,14H,6-8,10H2,1H3,(H2,19,20,26,27)/t14-/m1/s1. The Kier molecular flexibility index (Phi) is 5.82. The zero-order chi connectivity index (χ0) is 20.1. The maximum Gasteiger partial charge on any atom is 0.322 e. The van der Waals surface area contributed by atoms with Gasteiger partial charge in [0.05, 0.1) is 12.2 Å². The van der Waals surface area contributed by atoms with Crippen molar-refractivity contribution in [1.29, 1.82) is 0 Å². The average Bonchev–Trinajstić information content (AvgIpc) is 3.22. The number of imide groups is 1. The molecule has 1 aromatic carbocycles. The number of urea groups is 1. The van der Waals surface area contributed by atoms with Gasteiger partial charge in [0.25, 0.3) is 5.91 Å². The second kappa shape index (κ2) is 8.46. The van der Waals surface area contributed by atoms with E-state index < -0.39 is 18.0 Å². The van der Waals surface area contributed by atoms with Crippen LogP contribution < -0.4 is 15.4 Å². The van der Waals surface area contributed by atoms with E-state index in [2.05, 4.69) is 20.9 Å². The van der Waals surface area contributed by atoms with E-state index in [1.54, 1.807) is 13.2 Å². The number of nitrogens with one attached hydrogen (secondary N) is 2. The minimum absolute atomic E-state index is 0.0245. The van der Waals surface area contributed by atoms with E-state index in [0.717, 1.165) is 0 Å². The van der Waals surface area contributed by atoms with Crippen LogP contribution in [0.4, 0.5) is 9.18 Å². The van der Waals surface area contributed by atoms with Gasteiger partial charge in [-0.05, 0) is 24.3 Å². The zero-order valence-corrected chi connectivity index (χ0v) is 15.1. The van der Waals surface area contributed by atoms with E-state index in [-0.39, 0.29) is 31.3 Å². The lowest BCUT2D eigenvalue weighted by Crippen LogP contribution is -2.33. The van der Waals surface area contributed by atoms with Crippen LogP contribution in [0.15, 0.2) is 30.5 Å². The highest BCUT2D eigenvalue weighted by Crippen LogP contribution is 2.10. The molecule has 1 atom stereocenters. The van der Waals surface area contributed by atoms with Crippen molar-refractivity contribution in [1.82, 2.24) is 30.5 Å². The summed E-state index contributed by atoms with van der Waals surface area (Å²) in [5, 5.41) is 12.4. The predicted octanol–water partition coefficient (Wildman–Crippen LogP) is -0.295. The number of hydrogen-bond acceptors (Lipinski definition) is 6. The number of hydrogen-bond donors (Lipinski definition) is 2. The fourth-order valence-corrected chi connectivity index (χ4v) is 2.54. The maximum atomic E-state index is 12.8. The number of ether oxygens (including phenoxy) is 1. The Morgan fingerprint density at radius 3 is 2.75 bits per heavy atom. The molecule has 0 bridgehead atoms. The molecule has 0 aliphatic carbocycles. The van der Waals surface area contributed by atoms with Crippen molar-refractivity contribution in [3.8, 4) is 5.75 Å². The van der Waals surface area contributed by atoms with Crippen molar-refractivity contribution in [2.75, 3.05) is 20.2 Å². The third-order valence-corrected chi connectivity index (χ3v) is 4.09. The molecule has 0 unspecified atom stereocenters. The first kappa shape index (κ1) is 19.3. The molecule has 0 saturated carbocycles. The quantitative estimate of drug-likeness (QED) is 0.598. The highest BCUT2D eigenvalue weighted by atomic mass is 19.1. The molecular weight excluding hydrogens is 371 g/mol. The van der Waals surface area contributed by atoms with Gasteiger partial charge in [0.15, 0.2) is 0 Å². The molecule has 1 aliphatic heterocycles. The number of halogens is 1. The van der Waals surface area contributed by atoms with Crippen molar-refractivity contribution < 1.29 is 23.5 Å². The number of carbonyl (C=O) groups is 3. The topological polar surface area (TPSA) is 118 Å². The van der Waals surface area contributed by atoms with Gasteiger partial charge in [0.2, 0.25) is 5.91 Å². The van der Waals surface area contributed by atoms with Crippen molar-refractivity contribution >= 4 is 17.8 Å². The Morgan fingerprint density at radius 1 is 1.32 bits per heavy atom. The maximum absolute atomic E-state index is 12.8. The van der Waals surface area contributed by atoms with Gasteiger partial charge in [-0.25, -0.2) is 13.9 Å². The number of rotatable bonds is 8. The SMILES string of the molecule is CN(CCOc1ccc(F)cc1)C(=O)Cn1cc(C[C@H]2NC(=O)NC2=O)nn1. The van der Waals surface area contributed by atoms with E-state index in [4.69, 9.17) is 4.74 Å². The summed E-state index contributed by atoms with van der Waals surface area (Å²) in [5.41, 5.74) is 0.484. The molecule has 0 radical (unpaired) electrons. The Labute approximate surface area is 159 Å². The van der Waals surface area contributed by atoms with Crippen LogP contribution in [-0.2, 0) is 22.6 Å². The van der Waals surface area contributed by atoms with Gasteiger partial charge < -0.3 is 15.0 Å². The molecule has 1 aliphatic rings. The Balaban J connectivity index is 1.43. The summed E-state index contributed by atoms with van der Waals surface area (Å²) < 4.78 is 19.7. The Hall–Kier alpha value is -3.50. The molecule has 1 aromatic heterocycles. The summed E-state index contributed by atoms with van der Waals surface area (Å²) in [6, 6.07) is 4.39. The van der Waals surface area contributed by atoms with Crippen LogP contribution in [0.3, 0.4) is 0 Å². The van der Waals surface area contributed by atoms with Gasteiger partial charge in [0.1, 0.15) is 30.8 Å². The van der Waals surface area contributed by atoms with Crippen molar-refractivity contribution in [2.45, 2.75) is 19.0 Å². The lowest BCUT2D eigenvalue weighted by Gasteiger charge is -2.17. The molecule has 1 fully saturated rings.